The number of hydrogen-bond donors (Lipinski definition) is 1. The third-order valence-corrected chi connectivity index (χ3v) is 6.92. The Labute approximate surface area is 195 Å². The summed E-state index contributed by atoms with van der Waals surface area (Å²) in [4.78, 5) is 28.4. The number of carbonyl (C=O) groups is 1. The van der Waals surface area contributed by atoms with Crippen molar-refractivity contribution >= 4 is 35.0 Å². The van der Waals surface area contributed by atoms with E-state index in [0.29, 0.717) is 18.0 Å². The summed E-state index contributed by atoms with van der Waals surface area (Å²) in [5.74, 6) is 0.140. The van der Waals surface area contributed by atoms with Gasteiger partial charge in [-0.25, -0.2) is 9.78 Å². The zero-order valence-electron chi connectivity index (χ0n) is 18.8. The van der Waals surface area contributed by atoms with Crippen LogP contribution in [-0.4, -0.2) is 33.3 Å². The predicted octanol–water partition coefficient (Wildman–Crippen LogP) is 4.96. The Morgan fingerprint density at radius 2 is 2.15 bits per heavy atom. The summed E-state index contributed by atoms with van der Waals surface area (Å²) in [6.45, 7) is 6.16. The van der Waals surface area contributed by atoms with E-state index in [1.807, 2.05) is 26.8 Å². The van der Waals surface area contributed by atoms with E-state index in [-0.39, 0.29) is 11.7 Å². The molecule has 172 valence electrons. The highest BCUT2D eigenvalue weighted by Crippen LogP contribution is 2.39. The number of nitrogens with zero attached hydrogens (tertiary/aromatic N) is 4. The molecular formula is C23H25N5O4S. The lowest BCUT2D eigenvalue weighted by Gasteiger charge is -2.13. The first-order valence-corrected chi connectivity index (χ1v) is 11.6. The van der Waals surface area contributed by atoms with E-state index < -0.39 is 4.92 Å². The SMILES string of the molecule is CCOC(=O)c1c(-n2c(C)cc(/C=N/Nc3ccc([N+](=O)[O-])cn3)c2C)sc2c1CCCC2. The molecule has 0 fully saturated rings. The summed E-state index contributed by atoms with van der Waals surface area (Å²) in [5, 5.41) is 15.9. The summed E-state index contributed by atoms with van der Waals surface area (Å²) in [6.07, 6.45) is 6.98. The van der Waals surface area contributed by atoms with E-state index in [9.17, 15) is 14.9 Å². The smallest absolute Gasteiger partial charge is 0.341 e. The van der Waals surface area contributed by atoms with Crippen LogP contribution in [0.15, 0.2) is 29.5 Å². The number of ether oxygens (including phenoxy) is 1. The van der Waals surface area contributed by atoms with Crippen molar-refractivity contribution in [3.8, 4) is 5.00 Å². The topological polar surface area (TPSA) is 112 Å². The van der Waals surface area contributed by atoms with Crippen molar-refractivity contribution in [1.29, 1.82) is 0 Å². The minimum atomic E-state index is -0.498. The summed E-state index contributed by atoms with van der Waals surface area (Å²) in [7, 11) is 0. The van der Waals surface area contributed by atoms with Crippen LogP contribution in [0.2, 0.25) is 0 Å². The maximum atomic E-state index is 12.9. The maximum Gasteiger partial charge on any atom is 0.341 e. The summed E-state index contributed by atoms with van der Waals surface area (Å²) in [6, 6.07) is 4.88. The van der Waals surface area contributed by atoms with Gasteiger partial charge in [-0.15, -0.1) is 11.3 Å². The number of nitrogens with one attached hydrogen (secondary N) is 1. The number of aryl methyl sites for hydroxylation is 2. The Bertz CT molecular complexity index is 1230. The van der Waals surface area contributed by atoms with Gasteiger partial charge in [0, 0.05) is 27.9 Å². The Balaban J connectivity index is 1.64. The number of hydrazone groups is 1. The van der Waals surface area contributed by atoms with Gasteiger partial charge < -0.3 is 9.30 Å². The fourth-order valence-corrected chi connectivity index (χ4v) is 5.57. The quantitative estimate of drug-likeness (QED) is 0.227. The van der Waals surface area contributed by atoms with Crippen LogP contribution >= 0.6 is 11.3 Å². The normalized spacial score (nSPS) is 13.2. The van der Waals surface area contributed by atoms with Gasteiger partial charge in [0.1, 0.15) is 17.0 Å². The first-order chi connectivity index (χ1) is 15.9. The second-order valence-electron chi connectivity index (χ2n) is 7.80. The van der Waals surface area contributed by atoms with E-state index in [4.69, 9.17) is 4.74 Å². The van der Waals surface area contributed by atoms with Crippen molar-refractivity contribution in [1.82, 2.24) is 9.55 Å². The van der Waals surface area contributed by atoms with E-state index in [2.05, 4.69) is 20.1 Å². The van der Waals surface area contributed by atoms with Gasteiger partial charge in [-0.2, -0.15) is 5.10 Å². The predicted molar refractivity (Wildman–Crippen MR) is 128 cm³/mol. The fourth-order valence-electron chi connectivity index (χ4n) is 4.08. The van der Waals surface area contributed by atoms with Crippen molar-refractivity contribution in [2.24, 2.45) is 5.10 Å². The van der Waals surface area contributed by atoms with Gasteiger partial charge >= 0.3 is 5.97 Å². The van der Waals surface area contributed by atoms with Crippen molar-refractivity contribution in [3.05, 3.63) is 67.5 Å². The van der Waals surface area contributed by atoms with Gasteiger partial charge in [-0.1, -0.05) is 0 Å². The molecule has 1 N–H and O–H groups in total. The first-order valence-electron chi connectivity index (χ1n) is 10.8. The summed E-state index contributed by atoms with van der Waals surface area (Å²) < 4.78 is 7.51. The molecule has 3 aromatic heterocycles. The van der Waals surface area contributed by atoms with Crippen molar-refractivity contribution in [2.75, 3.05) is 12.0 Å². The highest BCUT2D eigenvalue weighted by molar-refractivity contribution is 7.15. The van der Waals surface area contributed by atoms with Crippen LogP contribution in [0.4, 0.5) is 11.5 Å². The molecule has 1 aliphatic carbocycles. The third-order valence-electron chi connectivity index (χ3n) is 5.65. The maximum absolute atomic E-state index is 12.9. The molecule has 3 aromatic rings. The molecule has 1 aliphatic rings. The molecule has 0 saturated carbocycles. The van der Waals surface area contributed by atoms with E-state index >= 15 is 0 Å². The molecular weight excluding hydrogens is 442 g/mol. The lowest BCUT2D eigenvalue weighted by atomic mass is 9.95. The molecule has 9 nitrogen and oxygen atoms in total. The zero-order chi connectivity index (χ0) is 23.5. The Morgan fingerprint density at radius 1 is 1.36 bits per heavy atom. The number of nitro groups is 1. The lowest BCUT2D eigenvalue weighted by molar-refractivity contribution is -0.385. The molecule has 0 amide bonds. The molecule has 10 heteroatoms. The molecule has 0 aromatic carbocycles. The zero-order valence-corrected chi connectivity index (χ0v) is 19.6. The summed E-state index contributed by atoms with van der Waals surface area (Å²) in [5.41, 5.74) is 7.38. The average molecular weight is 468 g/mol. The Kier molecular flexibility index (Phi) is 6.55. The minimum absolute atomic E-state index is 0.0795. The van der Waals surface area contributed by atoms with Gasteiger partial charge in [-0.05, 0) is 64.2 Å². The molecule has 0 saturated heterocycles. The van der Waals surface area contributed by atoms with Crippen LogP contribution < -0.4 is 5.43 Å². The van der Waals surface area contributed by atoms with Crippen molar-refractivity contribution < 1.29 is 14.5 Å². The second-order valence-corrected chi connectivity index (χ2v) is 8.89. The van der Waals surface area contributed by atoms with Crippen molar-refractivity contribution in [2.45, 2.75) is 46.5 Å². The average Bonchev–Trinajstić information content (AvgIpc) is 3.30. The molecule has 3 heterocycles. The Hall–Kier alpha value is -3.53. The van der Waals surface area contributed by atoms with E-state index in [1.165, 1.54) is 23.2 Å². The van der Waals surface area contributed by atoms with Gasteiger partial charge in [0.25, 0.3) is 5.69 Å². The van der Waals surface area contributed by atoms with Crippen LogP contribution in [-0.2, 0) is 17.6 Å². The molecule has 0 radical (unpaired) electrons. The highest BCUT2D eigenvalue weighted by Gasteiger charge is 2.28. The molecule has 4 rings (SSSR count). The van der Waals surface area contributed by atoms with E-state index in [1.54, 1.807) is 17.6 Å². The van der Waals surface area contributed by atoms with Gasteiger partial charge in [0.2, 0.25) is 0 Å². The molecule has 0 unspecified atom stereocenters. The monoisotopic (exact) mass is 467 g/mol. The molecule has 0 bridgehead atoms. The number of esters is 1. The number of pyridine rings is 1. The second kappa shape index (κ2) is 9.53. The number of anilines is 1. The molecule has 33 heavy (non-hydrogen) atoms. The van der Waals surface area contributed by atoms with Gasteiger partial charge in [0.15, 0.2) is 0 Å². The van der Waals surface area contributed by atoms with Crippen LogP contribution in [0.25, 0.3) is 5.00 Å². The standard InChI is InChI=1S/C23H25N5O4S/c1-4-32-23(29)21-18-7-5-6-8-19(18)33-22(21)27-14(2)11-16(15(27)3)12-25-26-20-10-9-17(13-24-20)28(30)31/h9-13H,4-8H2,1-3H3,(H,24,26)/b25-12+. The molecule has 0 aliphatic heterocycles. The molecule has 0 atom stereocenters. The van der Waals surface area contributed by atoms with Gasteiger partial charge in [-0.3, -0.25) is 15.5 Å². The number of aromatic nitrogens is 2. The number of fused-ring (bicyclic) bond motifs is 1. The fraction of sp³-hybridized carbons (Fsp3) is 0.348. The lowest BCUT2D eigenvalue weighted by Crippen LogP contribution is -2.12. The van der Waals surface area contributed by atoms with E-state index in [0.717, 1.165) is 53.2 Å². The van der Waals surface area contributed by atoms with Crippen LogP contribution in [0, 0.1) is 24.0 Å². The van der Waals surface area contributed by atoms with Crippen LogP contribution in [0.1, 0.15) is 57.5 Å². The Morgan fingerprint density at radius 3 is 2.85 bits per heavy atom. The minimum Gasteiger partial charge on any atom is -0.462 e. The molecule has 0 spiro atoms. The number of hydrogen-bond acceptors (Lipinski definition) is 8. The first kappa shape index (κ1) is 22.7. The largest absolute Gasteiger partial charge is 0.462 e. The number of rotatable bonds is 7. The highest BCUT2D eigenvalue weighted by atomic mass is 32.1. The number of thiophene rings is 1. The third kappa shape index (κ3) is 4.51. The van der Waals surface area contributed by atoms with Gasteiger partial charge in [0.05, 0.1) is 23.3 Å². The summed E-state index contributed by atoms with van der Waals surface area (Å²) >= 11 is 1.67. The van der Waals surface area contributed by atoms with Crippen LogP contribution in [0.5, 0.6) is 0 Å². The van der Waals surface area contributed by atoms with Crippen molar-refractivity contribution in [3.63, 3.8) is 0 Å². The number of carbonyl (C=O) groups excluding carboxylic acids is 1. The van der Waals surface area contributed by atoms with Crippen LogP contribution in [0.3, 0.4) is 0 Å².